The van der Waals surface area contributed by atoms with E-state index in [1.54, 1.807) is 7.11 Å². The van der Waals surface area contributed by atoms with Crippen molar-refractivity contribution in [1.82, 2.24) is 0 Å². The summed E-state index contributed by atoms with van der Waals surface area (Å²) in [5.41, 5.74) is 7.46. The molecule has 0 radical (unpaired) electrons. The molecule has 0 aliphatic carbocycles. The third-order valence-electron chi connectivity index (χ3n) is 3.30. The van der Waals surface area contributed by atoms with Crippen LogP contribution < -0.4 is 10.6 Å². The average Bonchev–Trinajstić information content (AvgIpc) is 2.38. The molecule has 2 rings (SSSR count). The standard InChI is InChI=1S/C13H18BrN3O/c1-18-10-3-2-6-17(8-10)12-5-4-9(14)7-11(12)13(15)16/h4-5,7,10H,2-3,6,8H2,1H3,(H3,15,16). The van der Waals surface area contributed by atoms with Gasteiger partial charge in [-0.05, 0) is 31.0 Å². The largest absolute Gasteiger partial charge is 0.384 e. The quantitative estimate of drug-likeness (QED) is 0.665. The SMILES string of the molecule is COC1CCCN(c2ccc(Br)cc2C(=N)N)C1. The van der Waals surface area contributed by atoms with Crippen LogP contribution in [0.3, 0.4) is 0 Å². The number of hydrogen-bond donors (Lipinski definition) is 2. The molecule has 1 fully saturated rings. The zero-order valence-electron chi connectivity index (χ0n) is 10.4. The number of amidine groups is 1. The minimum absolute atomic E-state index is 0.103. The summed E-state index contributed by atoms with van der Waals surface area (Å²) >= 11 is 3.42. The first-order chi connectivity index (χ1) is 8.61. The molecule has 98 valence electrons. The highest BCUT2D eigenvalue weighted by Crippen LogP contribution is 2.27. The Morgan fingerprint density at radius 2 is 2.33 bits per heavy atom. The summed E-state index contributed by atoms with van der Waals surface area (Å²) in [5.74, 6) is 0.103. The van der Waals surface area contributed by atoms with Crippen molar-refractivity contribution in [3.05, 3.63) is 28.2 Å². The number of ether oxygens (including phenoxy) is 1. The number of anilines is 1. The van der Waals surface area contributed by atoms with Crippen molar-refractivity contribution in [3.8, 4) is 0 Å². The Balaban J connectivity index is 2.29. The number of nitrogens with one attached hydrogen (secondary N) is 1. The van der Waals surface area contributed by atoms with Crippen molar-refractivity contribution in [1.29, 1.82) is 5.41 Å². The van der Waals surface area contributed by atoms with Gasteiger partial charge in [-0.3, -0.25) is 5.41 Å². The van der Waals surface area contributed by atoms with Gasteiger partial charge in [0, 0.05) is 35.9 Å². The molecule has 0 bridgehead atoms. The van der Waals surface area contributed by atoms with E-state index in [1.165, 1.54) is 0 Å². The van der Waals surface area contributed by atoms with Crippen molar-refractivity contribution < 1.29 is 4.74 Å². The van der Waals surface area contributed by atoms with Crippen molar-refractivity contribution in [2.75, 3.05) is 25.1 Å². The highest BCUT2D eigenvalue weighted by molar-refractivity contribution is 9.10. The summed E-state index contributed by atoms with van der Waals surface area (Å²) < 4.78 is 6.37. The van der Waals surface area contributed by atoms with Crippen molar-refractivity contribution in [2.24, 2.45) is 5.73 Å². The molecule has 1 aromatic carbocycles. The summed E-state index contributed by atoms with van der Waals surface area (Å²) in [6, 6.07) is 5.89. The van der Waals surface area contributed by atoms with E-state index in [2.05, 4.69) is 20.8 Å². The predicted octanol–water partition coefficient (Wildman–Crippen LogP) is 2.35. The normalized spacial score (nSPS) is 19.9. The first kappa shape index (κ1) is 13.4. The molecule has 0 aromatic heterocycles. The molecule has 4 nitrogen and oxygen atoms in total. The predicted molar refractivity (Wildman–Crippen MR) is 77.4 cm³/mol. The topological polar surface area (TPSA) is 62.3 Å². The highest BCUT2D eigenvalue weighted by Gasteiger charge is 2.22. The second-order valence-electron chi connectivity index (χ2n) is 4.52. The number of nitrogens with zero attached hydrogens (tertiary/aromatic N) is 1. The fraction of sp³-hybridized carbons (Fsp3) is 0.462. The van der Waals surface area contributed by atoms with Gasteiger partial charge in [-0.1, -0.05) is 15.9 Å². The van der Waals surface area contributed by atoms with Crippen LogP contribution in [0.5, 0.6) is 0 Å². The number of halogens is 1. The fourth-order valence-corrected chi connectivity index (χ4v) is 2.71. The number of nitrogen functional groups attached to an aromatic ring is 1. The van der Waals surface area contributed by atoms with E-state index in [4.69, 9.17) is 15.9 Å². The third-order valence-corrected chi connectivity index (χ3v) is 3.79. The van der Waals surface area contributed by atoms with E-state index in [0.717, 1.165) is 41.7 Å². The monoisotopic (exact) mass is 311 g/mol. The summed E-state index contributed by atoms with van der Waals surface area (Å²) in [5, 5.41) is 7.69. The van der Waals surface area contributed by atoms with Gasteiger partial charge in [0.15, 0.2) is 0 Å². The average molecular weight is 312 g/mol. The van der Waals surface area contributed by atoms with Crippen LogP contribution >= 0.6 is 15.9 Å². The van der Waals surface area contributed by atoms with Gasteiger partial charge in [0.1, 0.15) is 5.84 Å². The van der Waals surface area contributed by atoms with Crippen LogP contribution in [0.4, 0.5) is 5.69 Å². The number of methoxy groups -OCH3 is 1. The first-order valence-electron chi connectivity index (χ1n) is 6.03. The minimum atomic E-state index is 0.103. The van der Waals surface area contributed by atoms with Gasteiger partial charge in [0.25, 0.3) is 0 Å². The maximum atomic E-state index is 7.69. The number of benzene rings is 1. The smallest absolute Gasteiger partial charge is 0.124 e. The van der Waals surface area contributed by atoms with Crippen molar-refractivity contribution in [3.63, 3.8) is 0 Å². The first-order valence-corrected chi connectivity index (χ1v) is 6.83. The second-order valence-corrected chi connectivity index (χ2v) is 5.44. The van der Waals surface area contributed by atoms with Crippen LogP contribution in [0.25, 0.3) is 0 Å². The maximum Gasteiger partial charge on any atom is 0.124 e. The highest BCUT2D eigenvalue weighted by atomic mass is 79.9. The number of hydrogen-bond acceptors (Lipinski definition) is 3. The molecule has 1 unspecified atom stereocenters. The summed E-state index contributed by atoms with van der Waals surface area (Å²) in [6.07, 6.45) is 2.47. The lowest BCUT2D eigenvalue weighted by atomic mass is 10.0. The van der Waals surface area contributed by atoms with Gasteiger partial charge in [-0.2, -0.15) is 0 Å². The fourth-order valence-electron chi connectivity index (χ4n) is 2.35. The Kier molecular flexibility index (Phi) is 4.24. The van der Waals surface area contributed by atoms with Crippen LogP contribution in [0.1, 0.15) is 18.4 Å². The van der Waals surface area contributed by atoms with Gasteiger partial charge in [0.2, 0.25) is 0 Å². The van der Waals surface area contributed by atoms with E-state index in [9.17, 15) is 0 Å². The van der Waals surface area contributed by atoms with Crippen molar-refractivity contribution >= 4 is 27.5 Å². The zero-order chi connectivity index (χ0) is 13.1. The summed E-state index contributed by atoms with van der Waals surface area (Å²) in [6.45, 7) is 1.85. The van der Waals surface area contributed by atoms with E-state index in [0.29, 0.717) is 0 Å². The lowest BCUT2D eigenvalue weighted by Gasteiger charge is -2.34. The Hall–Kier alpha value is -1.07. The number of nitrogens with two attached hydrogens (primary N) is 1. The van der Waals surface area contributed by atoms with Crippen LogP contribution in [0.2, 0.25) is 0 Å². The Morgan fingerprint density at radius 1 is 1.56 bits per heavy atom. The zero-order valence-corrected chi connectivity index (χ0v) is 12.0. The van der Waals surface area contributed by atoms with Gasteiger partial charge in [-0.25, -0.2) is 0 Å². The summed E-state index contributed by atoms with van der Waals surface area (Å²) in [4.78, 5) is 2.25. The number of rotatable bonds is 3. The van der Waals surface area contributed by atoms with E-state index >= 15 is 0 Å². The third kappa shape index (κ3) is 2.84. The Bertz CT molecular complexity index is 450. The number of piperidine rings is 1. The van der Waals surface area contributed by atoms with Gasteiger partial charge in [0.05, 0.1) is 6.10 Å². The molecule has 0 spiro atoms. The molecule has 1 aliphatic heterocycles. The lowest BCUT2D eigenvalue weighted by Crippen LogP contribution is -2.40. The Morgan fingerprint density at radius 3 is 3.00 bits per heavy atom. The molecule has 18 heavy (non-hydrogen) atoms. The van der Waals surface area contributed by atoms with Crippen LogP contribution in [0, 0.1) is 5.41 Å². The molecule has 1 heterocycles. The minimum Gasteiger partial charge on any atom is -0.384 e. The molecule has 5 heteroatoms. The van der Waals surface area contributed by atoms with Gasteiger partial charge < -0.3 is 15.4 Å². The molecular weight excluding hydrogens is 294 g/mol. The molecule has 1 aliphatic rings. The van der Waals surface area contributed by atoms with Gasteiger partial charge >= 0.3 is 0 Å². The summed E-state index contributed by atoms with van der Waals surface area (Å²) in [7, 11) is 1.75. The molecule has 3 N–H and O–H groups in total. The molecule has 1 saturated heterocycles. The Labute approximate surface area is 116 Å². The van der Waals surface area contributed by atoms with Crippen LogP contribution in [-0.4, -0.2) is 32.1 Å². The molecular formula is C13H18BrN3O. The second kappa shape index (κ2) is 5.71. The van der Waals surface area contributed by atoms with Crippen molar-refractivity contribution in [2.45, 2.75) is 18.9 Å². The molecule has 1 aromatic rings. The van der Waals surface area contributed by atoms with E-state index in [1.807, 2.05) is 18.2 Å². The van der Waals surface area contributed by atoms with E-state index in [-0.39, 0.29) is 11.9 Å². The van der Waals surface area contributed by atoms with Gasteiger partial charge in [-0.15, -0.1) is 0 Å². The van der Waals surface area contributed by atoms with Crippen LogP contribution in [0.15, 0.2) is 22.7 Å². The lowest BCUT2D eigenvalue weighted by molar-refractivity contribution is 0.0893. The molecule has 1 atom stereocenters. The van der Waals surface area contributed by atoms with Crippen LogP contribution in [-0.2, 0) is 4.74 Å². The maximum absolute atomic E-state index is 7.69. The van der Waals surface area contributed by atoms with E-state index < -0.39 is 0 Å². The molecule has 0 saturated carbocycles. The molecule has 0 amide bonds.